The van der Waals surface area contributed by atoms with Crippen LogP contribution in [0.25, 0.3) is 10.9 Å². The van der Waals surface area contributed by atoms with Crippen LogP contribution in [-0.4, -0.2) is 38.6 Å². The summed E-state index contributed by atoms with van der Waals surface area (Å²) in [5, 5.41) is 1.59. The molecule has 1 aliphatic rings. The fraction of sp³-hybridized carbons (Fsp3) is 0.375. The topological polar surface area (TPSA) is 65.2 Å². The number of hydrogen-bond acceptors (Lipinski definition) is 2. The summed E-state index contributed by atoms with van der Waals surface area (Å²) in [6.07, 6.45) is 6.16. The monoisotopic (exact) mass is 457 g/mol. The fourth-order valence-electron chi connectivity index (χ4n) is 4.27. The van der Waals surface area contributed by atoms with Crippen molar-refractivity contribution >= 4 is 39.4 Å². The largest absolute Gasteiger partial charge is 0.361 e. The molecule has 164 valence electrons. The summed E-state index contributed by atoms with van der Waals surface area (Å²) in [6, 6.07) is 14.9. The Morgan fingerprint density at radius 2 is 2.06 bits per heavy atom. The highest BCUT2D eigenvalue weighted by atomic mass is 35.5. The Bertz CT molecular complexity index is 1080. The molecule has 0 saturated carbocycles. The van der Waals surface area contributed by atoms with Gasteiger partial charge in [0.25, 0.3) is 0 Å². The molecule has 5 nitrogen and oxygen atoms in total. The number of hydrogen-bond donors (Lipinski definition) is 2. The van der Waals surface area contributed by atoms with Crippen LogP contribution in [0.5, 0.6) is 0 Å². The smallest absolute Gasteiger partial charge is 0.240 e. The summed E-state index contributed by atoms with van der Waals surface area (Å²) in [6.45, 7) is 2.85. The molecule has 0 bridgehead atoms. The molecule has 3 aromatic rings. The second-order valence-corrected chi connectivity index (χ2v) is 9.76. The van der Waals surface area contributed by atoms with Crippen LogP contribution in [0.3, 0.4) is 0 Å². The van der Waals surface area contributed by atoms with Crippen LogP contribution < -0.4 is 4.72 Å². The standard InChI is InChI=1S/C24H28ClN3O2S/c1-17-7-4-5-16-28(17)24(29)22(13-12-18-8-2-3-9-20(18)25)27-31(30)23-11-6-10-21-19(23)14-15-26-21/h2-3,6,8-11,14-15,17,22,26-27H,4-5,7,12-13,16H2,1H3. The van der Waals surface area contributed by atoms with Crippen LogP contribution in [-0.2, 0) is 22.2 Å². The van der Waals surface area contributed by atoms with Crippen molar-refractivity contribution in [2.45, 2.75) is 56.0 Å². The number of aryl methyl sites for hydroxylation is 1. The third kappa shape index (κ3) is 5.03. The lowest BCUT2D eigenvalue weighted by Crippen LogP contribution is -2.51. The van der Waals surface area contributed by atoms with Crippen molar-refractivity contribution in [1.29, 1.82) is 0 Å². The van der Waals surface area contributed by atoms with Crippen LogP contribution >= 0.6 is 11.6 Å². The molecule has 7 heteroatoms. The van der Waals surface area contributed by atoms with Crippen molar-refractivity contribution < 1.29 is 9.00 Å². The molecule has 2 heterocycles. The van der Waals surface area contributed by atoms with E-state index in [1.165, 1.54) is 0 Å². The number of piperidine rings is 1. The Balaban J connectivity index is 1.56. The number of nitrogens with zero attached hydrogens (tertiary/aromatic N) is 1. The van der Waals surface area contributed by atoms with E-state index in [2.05, 4.69) is 16.6 Å². The molecular formula is C24H28ClN3O2S. The number of rotatable bonds is 7. The van der Waals surface area contributed by atoms with E-state index in [4.69, 9.17) is 11.6 Å². The molecule has 2 N–H and O–H groups in total. The maximum Gasteiger partial charge on any atom is 0.240 e. The van der Waals surface area contributed by atoms with Crippen molar-refractivity contribution in [2.24, 2.45) is 0 Å². The fourth-order valence-corrected chi connectivity index (χ4v) is 5.68. The minimum absolute atomic E-state index is 0.0221. The third-order valence-corrected chi connectivity index (χ3v) is 7.67. The summed E-state index contributed by atoms with van der Waals surface area (Å²) in [5.41, 5.74) is 1.92. The van der Waals surface area contributed by atoms with Crippen molar-refractivity contribution in [2.75, 3.05) is 6.54 Å². The lowest BCUT2D eigenvalue weighted by atomic mass is 10.00. The van der Waals surface area contributed by atoms with E-state index >= 15 is 0 Å². The van der Waals surface area contributed by atoms with Gasteiger partial charge >= 0.3 is 0 Å². The first-order valence-corrected chi connectivity index (χ1v) is 12.4. The van der Waals surface area contributed by atoms with Crippen molar-refractivity contribution in [3.63, 3.8) is 0 Å². The molecule has 1 aromatic heterocycles. The molecule has 1 saturated heterocycles. The van der Waals surface area contributed by atoms with Crippen molar-refractivity contribution in [3.8, 4) is 0 Å². The van der Waals surface area contributed by atoms with Gasteiger partial charge in [0, 0.05) is 34.7 Å². The van der Waals surface area contributed by atoms with Gasteiger partial charge in [0.15, 0.2) is 0 Å². The highest BCUT2D eigenvalue weighted by molar-refractivity contribution is 7.83. The number of halogens is 1. The second kappa shape index (κ2) is 9.98. The first-order valence-electron chi connectivity index (χ1n) is 10.8. The van der Waals surface area contributed by atoms with E-state index in [0.29, 0.717) is 22.8 Å². The molecule has 2 aromatic carbocycles. The summed E-state index contributed by atoms with van der Waals surface area (Å²) >= 11 is 6.33. The van der Waals surface area contributed by atoms with E-state index in [1.54, 1.807) is 0 Å². The molecule has 3 atom stereocenters. The van der Waals surface area contributed by atoms with Gasteiger partial charge < -0.3 is 9.88 Å². The number of nitrogens with one attached hydrogen (secondary N) is 2. The SMILES string of the molecule is CC1CCCCN1C(=O)C(CCc1ccccc1Cl)NS(=O)c1cccc2[nH]ccc12. The zero-order valence-electron chi connectivity index (χ0n) is 17.6. The normalized spacial score (nSPS) is 18.8. The molecule has 1 aliphatic heterocycles. The molecule has 0 radical (unpaired) electrons. The average Bonchev–Trinajstić information content (AvgIpc) is 3.26. The number of likely N-dealkylation sites (tertiary alicyclic amines) is 1. The van der Waals surface area contributed by atoms with Gasteiger partial charge in [0.1, 0.15) is 11.0 Å². The average molecular weight is 458 g/mol. The van der Waals surface area contributed by atoms with Gasteiger partial charge in [-0.3, -0.25) is 4.79 Å². The Labute approximate surface area is 190 Å². The van der Waals surface area contributed by atoms with Crippen LogP contribution in [0.4, 0.5) is 0 Å². The lowest BCUT2D eigenvalue weighted by Gasteiger charge is -2.36. The molecule has 0 spiro atoms. The summed E-state index contributed by atoms with van der Waals surface area (Å²) < 4.78 is 16.4. The van der Waals surface area contributed by atoms with Gasteiger partial charge in [-0.1, -0.05) is 35.9 Å². The summed E-state index contributed by atoms with van der Waals surface area (Å²) in [5.74, 6) is 0.0221. The highest BCUT2D eigenvalue weighted by Gasteiger charge is 2.30. The maximum atomic E-state index is 13.5. The predicted molar refractivity (Wildman–Crippen MR) is 126 cm³/mol. The van der Waals surface area contributed by atoms with Crippen LogP contribution in [0.1, 0.15) is 38.2 Å². The summed E-state index contributed by atoms with van der Waals surface area (Å²) in [7, 11) is -1.52. The molecule has 0 aliphatic carbocycles. The number of aromatic nitrogens is 1. The van der Waals surface area contributed by atoms with Gasteiger partial charge in [-0.2, -0.15) is 0 Å². The Morgan fingerprint density at radius 1 is 1.23 bits per heavy atom. The van der Waals surface area contributed by atoms with Gasteiger partial charge in [0.2, 0.25) is 5.91 Å². The molecule has 4 rings (SSSR count). The summed E-state index contributed by atoms with van der Waals surface area (Å²) in [4.78, 5) is 19.3. The van der Waals surface area contributed by atoms with Gasteiger partial charge in [-0.05, 0) is 68.9 Å². The number of carbonyl (C=O) groups is 1. The molecule has 3 unspecified atom stereocenters. The number of fused-ring (bicyclic) bond motifs is 1. The minimum atomic E-state index is -1.52. The van der Waals surface area contributed by atoms with E-state index in [-0.39, 0.29) is 11.9 Å². The van der Waals surface area contributed by atoms with E-state index in [9.17, 15) is 9.00 Å². The highest BCUT2D eigenvalue weighted by Crippen LogP contribution is 2.23. The second-order valence-electron chi connectivity index (χ2n) is 8.14. The Hall–Kier alpha value is -2.15. The molecule has 1 fully saturated rings. The van der Waals surface area contributed by atoms with Crippen LogP contribution in [0.15, 0.2) is 59.6 Å². The first-order chi connectivity index (χ1) is 15.0. The number of benzene rings is 2. The van der Waals surface area contributed by atoms with E-state index < -0.39 is 17.0 Å². The van der Waals surface area contributed by atoms with Crippen molar-refractivity contribution in [1.82, 2.24) is 14.6 Å². The lowest BCUT2D eigenvalue weighted by molar-refractivity contribution is -0.136. The maximum absolute atomic E-state index is 13.5. The number of H-pyrrole nitrogens is 1. The quantitative estimate of drug-likeness (QED) is 0.533. The van der Waals surface area contributed by atoms with Crippen molar-refractivity contribution in [3.05, 3.63) is 65.3 Å². The predicted octanol–water partition coefficient (Wildman–Crippen LogP) is 4.84. The Kier molecular flexibility index (Phi) is 7.10. The molecule has 31 heavy (non-hydrogen) atoms. The van der Waals surface area contributed by atoms with E-state index in [0.717, 1.165) is 42.3 Å². The van der Waals surface area contributed by atoms with Gasteiger partial charge in [0.05, 0.1) is 10.9 Å². The van der Waals surface area contributed by atoms with Crippen LogP contribution in [0.2, 0.25) is 5.02 Å². The van der Waals surface area contributed by atoms with Gasteiger partial charge in [-0.15, -0.1) is 0 Å². The minimum Gasteiger partial charge on any atom is -0.361 e. The van der Waals surface area contributed by atoms with Crippen LogP contribution in [0, 0.1) is 0 Å². The number of carbonyl (C=O) groups excluding carboxylic acids is 1. The zero-order chi connectivity index (χ0) is 21.8. The first kappa shape index (κ1) is 22.1. The third-order valence-electron chi connectivity index (χ3n) is 6.05. The number of aromatic amines is 1. The van der Waals surface area contributed by atoms with E-state index in [1.807, 2.05) is 59.6 Å². The zero-order valence-corrected chi connectivity index (χ0v) is 19.2. The Morgan fingerprint density at radius 3 is 2.87 bits per heavy atom. The number of amides is 1. The van der Waals surface area contributed by atoms with Gasteiger partial charge in [-0.25, -0.2) is 8.93 Å². The molecular weight excluding hydrogens is 430 g/mol. The molecule has 1 amide bonds.